The summed E-state index contributed by atoms with van der Waals surface area (Å²) in [6.07, 6.45) is 3.29. The van der Waals surface area contributed by atoms with Crippen molar-refractivity contribution in [2.75, 3.05) is 0 Å². The molecule has 0 aliphatic rings. The smallest absolute Gasteiger partial charge is 0.244 e. The molecule has 1 N–H and O–H groups in total. The first kappa shape index (κ1) is 14.5. The van der Waals surface area contributed by atoms with Crippen LogP contribution in [0.15, 0.2) is 54.6 Å². The predicted molar refractivity (Wildman–Crippen MR) is 91.7 cm³/mol. The van der Waals surface area contributed by atoms with E-state index in [1.807, 2.05) is 55.5 Å². The molecule has 0 radical (unpaired) electrons. The number of carbonyl (C=O) groups is 1. The van der Waals surface area contributed by atoms with Gasteiger partial charge in [-0.2, -0.15) is 0 Å². The molecule has 0 bridgehead atoms. The maximum absolute atomic E-state index is 11.9. The van der Waals surface area contributed by atoms with Gasteiger partial charge in [0.25, 0.3) is 0 Å². The summed E-state index contributed by atoms with van der Waals surface area (Å²) in [7, 11) is 0. The van der Waals surface area contributed by atoms with Crippen LogP contribution in [0.25, 0.3) is 16.3 Å². The first-order chi connectivity index (χ1) is 10.7. The van der Waals surface area contributed by atoms with E-state index in [9.17, 15) is 4.79 Å². The largest absolute Gasteiger partial charge is 0.348 e. The van der Waals surface area contributed by atoms with E-state index in [1.54, 1.807) is 17.4 Å². The molecule has 0 spiro atoms. The Morgan fingerprint density at radius 3 is 2.73 bits per heavy atom. The molecule has 0 aliphatic heterocycles. The molecule has 3 aromatic rings. The fraction of sp³-hybridized carbons (Fsp3) is 0.111. The molecular formula is C18H16N2OS. The van der Waals surface area contributed by atoms with Crippen molar-refractivity contribution in [3.63, 3.8) is 0 Å². The van der Waals surface area contributed by atoms with Crippen molar-refractivity contribution in [3.8, 4) is 0 Å². The highest BCUT2D eigenvalue weighted by molar-refractivity contribution is 7.19. The summed E-state index contributed by atoms with van der Waals surface area (Å²) in [4.78, 5) is 16.3. The van der Waals surface area contributed by atoms with Crippen molar-refractivity contribution >= 4 is 33.5 Å². The highest BCUT2D eigenvalue weighted by Gasteiger charge is 2.01. The maximum atomic E-state index is 11.9. The fourth-order valence-electron chi connectivity index (χ4n) is 2.06. The van der Waals surface area contributed by atoms with Crippen LogP contribution < -0.4 is 5.32 Å². The highest BCUT2D eigenvalue weighted by atomic mass is 32.1. The Hall–Kier alpha value is -2.46. The van der Waals surface area contributed by atoms with Gasteiger partial charge in [0, 0.05) is 12.6 Å². The zero-order chi connectivity index (χ0) is 15.4. The SMILES string of the molecule is Cc1ccc(CNC(=O)/C=C/c2nc3ccccc3s2)cc1. The van der Waals surface area contributed by atoms with Gasteiger partial charge in [0.1, 0.15) is 5.01 Å². The summed E-state index contributed by atoms with van der Waals surface area (Å²) in [5.41, 5.74) is 3.27. The summed E-state index contributed by atoms with van der Waals surface area (Å²) < 4.78 is 1.13. The zero-order valence-corrected chi connectivity index (χ0v) is 13.1. The molecule has 0 saturated heterocycles. The van der Waals surface area contributed by atoms with Gasteiger partial charge in [0.2, 0.25) is 5.91 Å². The maximum Gasteiger partial charge on any atom is 0.244 e. The Balaban J connectivity index is 1.59. The van der Waals surface area contributed by atoms with Crippen LogP contribution in [0, 0.1) is 6.92 Å². The van der Waals surface area contributed by atoms with Crippen LogP contribution >= 0.6 is 11.3 Å². The molecular weight excluding hydrogens is 292 g/mol. The van der Waals surface area contributed by atoms with Gasteiger partial charge in [0.05, 0.1) is 10.2 Å². The van der Waals surface area contributed by atoms with E-state index in [0.29, 0.717) is 6.54 Å². The van der Waals surface area contributed by atoms with Gasteiger partial charge >= 0.3 is 0 Å². The van der Waals surface area contributed by atoms with E-state index in [0.717, 1.165) is 20.8 Å². The molecule has 0 atom stereocenters. The number of benzene rings is 2. The number of hydrogen-bond donors (Lipinski definition) is 1. The van der Waals surface area contributed by atoms with Gasteiger partial charge in [0.15, 0.2) is 0 Å². The molecule has 22 heavy (non-hydrogen) atoms. The lowest BCUT2D eigenvalue weighted by Crippen LogP contribution is -2.20. The van der Waals surface area contributed by atoms with E-state index >= 15 is 0 Å². The van der Waals surface area contributed by atoms with Gasteiger partial charge in [-0.3, -0.25) is 4.79 Å². The summed E-state index contributed by atoms with van der Waals surface area (Å²) in [5.74, 6) is -0.111. The lowest BCUT2D eigenvalue weighted by atomic mass is 10.1. The quantitative estimate of drug-likeness (QED) is 0.742. The number of hydrogen-bond acceptors (Lipinski definition) is 3. The van der Waals surface area contributed by atoms with E-state index in [2.05, 4.69) is 10.3 Å². The average molecular weight is 308 g/mol. The molecule has 3 nitrogen and oxygen atoms in total. The minimum Gasteiger partial charge on any atom is -0.348 e. The first-order valence-electron chi connectivity index (χ1n) is 7.08. The van der Waals surface area contributed by atoms with E-state index in [1.165, 1.54) is 11.6 Å². The molecule has 2 aromatic carbocycles. The Kier molecular flexibility index (Phi) is 4.30. The number of para-hydroxylation sites is 1. The molecule has 1 amide bonds. The molecule has 0 unspecified atom stereocenters. The number of rotatable bonds is 4. The number of aromatic nitrogens is 1. The summed E-state index contributed by atoms with van der Waals surface area (Å²) in [6, 6.07) is 16.1. The second-order valence-corrected chi connectivity index (χ2v) is 6.12. The van der Waals surface area contributed by atoms with E-state index in [4.69, 9.17) is 0 Å². The molecule has 110 valence electrons. The van der Waals surface area contributed by atoms with Crippen LogP contribution in [0.4, 0.5) is 0 Å². The predicted octanol–water partition coefficient (Wildman–Crippen LogP) is 3.93. The zero-order valence-electron chi connectivity index (χ0n) is 12.2. The van der Waals surface area contributed by atoms with Crippen molar-refractivity contribution in [2.45, 2.75) is 13.5 Å². The molecule has 3 rings (SSSR count). The van der Waals surface area contributed by atoms with Crippen molar-refractivity contribution in [3.05, 3.63) is 70.7 Å². The molecule has 0 aliphatic carbocycles. The molecule has 1 aromatic heterocycles. The van der Waals surface area contributed by atoms with Gasteiger partial charge < -0.3 is 5.32 Å². The first-order valence-corrected chi connectivity index (χ1v) is 7.89. The van der Waals surface area contributed by atoms with Crippen molar-refractivity contribution in [2.24, 2.45) is 0 Å². The number of fused-ring (bicyclic) bond motifs is 1. The lowest BCUT2D eigenvalue weighted by Gasteiger charge is -2.02. The normalized spacial score (nSPS) is 11.1. The topological polar surface area (TPSA) is 42.0 Å². The van der Waals surface area contributed by atoms with Gasteiger partial charge in [-0.05, 0) is 30.7 Å². The van der Waals surface area contributed by atoms with Crippen LogP contribution in [0.2, 0.25) is 0 Å². The van der Waals surface area contributed by atoms with E-state index < -0.39 is 0 Å². The van der Waals surface area contributed by atoms with Gasteiger partial charge in [-0.15, -0.1) is 11.3 Å². The van der Waals surface area contributed by atoms with Gasteiger partial charge in [-0.1, -0.05) is 42.0 Å². The van der Waals surface area contributed by atoms with Crippen LogP contribution in [0.3, 0.4) is 0 Å². The monoisotopic (exact) mass is 308 g/mol. The fourth-order valence-corrected chi connectivity index (χ4v) is 2.93. The number of nitrogens with one attached hydrogen (secondary N) is 1. The van der Waals surface area contributed by atoms with E-state index in [-0.39, 0.29) is 5.91 Å². The standard InChI is InChI=1S/C18H16N2OS/c1-13-6-8-14(9-7-13)12-19-17(21)10-11-18-20-15-4-2-3-5-16(15)22-18/h2-11H,12H2,1H3,(H,19,21)/b11-10+. The number of carbonyl (C=O) groups excluding carboxylic acids is 1. The number of thiazole rings is 1. The number of nitrogens with zero attached hydrogens (tertiary/aromatic N) is 1. The third-order valence-corrected chi connectivity index (χ3v) is 4.28. The lowest BCUT2D eigenvalue weighted by molar-refractivity contribution is -0.116. The molecule has 1 heterocycles. The number of amides is 1. The average Bonchev–Trinajstić information content (AvgIpc) is 2.95. The van der Waals surface area contributed by atoms with Crippen LogP contribution in [-0.2, 0) is 11.3 Å². The Morgan fingerprint density at radius 1 is 1.18 bits per heavy atom. The summed E-state index contributed by atoms with van der Waals surface area (Å²) in [6.45, 7) is 2.58. The third-order valence-electron chi connectivity index (χ3n) is 3.28. The highest BCUT2D eigenvalue weighted by Crippen LogP contribution is 2.22. The second kappa shape index (κ2) is 6.54. The molecule has 0 fully saturated rings. The number of aryl methyl sites for hydroxylation is 1. The minimum atomic E-state index is -0.111. The van der Waals surface area contributed by atoms with Crippen LogP contribution in [-0.4, -0.2) is 10.9 Å². The third kappa shape index (κ3) is 3.59. The summed E-state index contributed by atoms with van der Waals surface area (Å²) >= 11 is 1.58. The second-order valence-electron chi connectivity index (χ2n) is 5.06. The molecule has 0 saturated carbocycles. The minimum absolute atomic E-state index is 0.111. The van der Waals surface area contributed by atoms with Crippen LogP contribution in [0.1, 0.15) is 16.1 Å². The van der Waals surface area contributed by atoms with Crippen molar-refractivity contribution < 1.29 is 4.79 Å². The van der Waals surface area contributed by atoms with Crippen LogP contribution in [0.5, 0.6) is 0 Å². The Bertz CT molecular complexity index is 785. The van der Waals surface area contributed by atoms with Crippen molar-refractivity contribution in [1.29, 1.82) is 0 Å². The Morgan fingerprint density at radius 2 is 1.95 bits per heavy atom. The Labute approximate surface area is 133 Å². The van der Waals surface area contributed by atoms with Crippen molar-refractivity contribution in [1.82, 2.24) is 10.3 Å². The van der Waals surface area contributed by atoms with Gasteiger partial charge in [-0.25, -0.2) is 4.98 Å². The molecule has 4 heteroatoms. The summed E-state index contributed by atoms with van der Waals surface area (Å²) in [5, 5.41) is 3.71.